The molecule has 0 spiro atoms. The number of hydrogen-bond acceptors (Lipinski definition) is 10. The summed E-state index contributed by atoms with van der Waals surface area (Å²) in [6, 6.07) is 1.12. The van der Waals surface area contributed by atoms with Crippen LogP contribution in [0.1, 0.15) is 32.6 Å². The fourth-order valence-electron chi connectivity index (χ4n) is 4.48. The molecule has 0 aromatic heterocycles. The molecule has 2 fully saturated rings. The van der Waals surface area contributed by atoms with E-state index in [2.05, 4.69) is 72.4 Å². The van der Waals surface area contributed by atoms with Crippen LogP contribution in [0.15, 0.2) is 0 Å². The molecule has 0 aromatic carbocycles. The van der Waals surface area contributed by atoms with Gasteiger partial charge in [-0.2, -0.15) is 0 Å². The highest BCUT2D eigenvalue weighted by atomic mass is 28.5. The average molecular weight is 685 g/mol. The lowest BCUT2D eigenvalue weighted by atomic mass is 10.2. The zero-order valence-corrected chi connectivity index (χ0v) is 36.3. The number of hydrogen-bond donors (Lipinski definition) is 0. The Hall–Kier alpha value is 1.77. The molecule has 0 radical (unpaired) electrons. The van der Waals surface area contributed by atoms with Crippen molar-refractivity contribution < 1.29 is 41.2 Å². The molecule has 10 nitrogen and oxygen atoms in total. The molecule has 0 N–H and O–H groups in total. The fraction of sp³-hybridized carbons (Fsp3) is 1.00. The summed E-state index contributed by atoms with van der Waals surface area (Å²) in [4.78, 5) is 0. The lowest BCUT2D eigenvalue weighted by Crippen LogP contribution is -2.64. The lowest BCUT2D eigenvalue weighted by Gasteiger charge is -2.46. The van der Waals surface area contributed by atoms with E-state index in [0.717, 1.165) is 6.04 Å². The van der Waals surface area contributed by atoms with Gasteiger partial charge in [-0.05, 0) is 71.5 Å². The second-order valence-corrected chi connectivity index (χ2v) is 39.2. The zero-order valence-electron chi connectivity index (χ0n) is 24.5. The maximum atomic E-state index is 6.30. The summed E-state index contributed by atoms with van der Waals surface area (Å²) in [7, 11) is -15.9. The van der Waals surface area contributed by atoms with Gasteiger partial charge in [0.1, 0.15) is 0 Å². The molecule has 36 heavy (non-hydrogen) atoms. The summed E-state index contributed by atoms with van der Waals surface area (Å²) in [6.07, 6.45) is 5.12. The zero-order chi connectivity index (χ0) is 27.5. The molecule has 0 aliphatic carbocycles. The maximum absolute atomic E-state index is 6.30. The van der Waals surface area contributed by atoms with Gasteiger partial charge in [-0.15, -0.1) is 0 Å². The highest BCUT2D eigenvalue weighted by Gasteiger charge is 2.50. The molecular weight excluding hydrogens is 633 g/mol. The van der Waals surface area contributed by atoms with Gasteiger partial charge in [0.25, 0.3) is 40.0 Å². The highest BCUT2D eigenvalue weighted by molar-refractivity contribution is 6.92. The molecule has 0 bridgehead atoms. The monoisotopic (exact) mass is 684 g/mol. The predicted molar refractivity (Wildman–Crippen MR) is 169 cm³/mol. The third-order valence-corrected chi connectivity index (χ3v) is 33.4. The second-order valence-electron chi connectivity index (χ2n) is 11.2. The van der Waals surface area contributed by atoms with E-state index in [4.69, 9.17) is 41.2 Å². The molecule has 216 valence electrons. The van der Waals surface area contributed by atoms with Crippen LogP contribution >= 0.6 is 0 Å². The van der Waals surface area contributed by atoms with Gasteiger partial charge >= 0.3 is 52.1 Å². The first-order valence-corrected chi connectivity index (χ1v) is 33.4. The van der Waals surface area contributed by atoms with Crippen molar-refractivity contribution in [1.82, 2.24) is 0 Å². The van der Waals surface area contributed by atoms with E-state index in [-0.39, 0.29) is 0 Å². The molecule has 2 saturated heterocycles. The van der Waals surface area contributed by atoms with E-state index in [1.165, 1.54) is 25.7 Å². The van der Waals surface area contributed by atoms with Gasteiger partial charge < -0.3 is 41.2 Å². The van der Waals surface area contributed by atoms with Gasteiger partial charge in [0.05, 0.1) is 0 Å². The molecule has 2 aliphatic heterocycles. The molecule has 2 aliphatic rings. The van der Waals surface area contributed by atoms with Crippen molar-refractivity contribution in [2.75, 3.05) is 0 Å². The van der Waals surface area contributed by atoms with E-state index in [0.29, 0.717) is 0 Å². The number of unbranched alkanes of at least 4 members (excludes halogenated alkanes) is 3. The first kappa shape index (κ1) is 35.8. The Labute approximate surface area is 236 Å². The molecule has 0 aromatic rings. The van der Waals surface area contributed by atoms with E-state index in [9.17, 15) is 0 Å². The topological polar surface area (TPSA) is 92.3 Å². The van der Waals surface area contributed by atoms with E-state index < -0.39 is 92.1 Å². The van der Waals surface area contributed by atoms with Crippen LogP contribution in [0.5, 0.6) is 0 Å². The van der Waals surface area contributed by atoms with Crippen molar-refractivity contribution in [3.8, 4) is 0 Å². The molecule has 0 saturated carbocycles. The standard InChI is InChI=1S/C10H30O5Si5.C6H22O5Si5/c1-16(2)11-17(3,4)13-19(7,8)15-20(9,10)14-18(5,6)12-16;1-2-3-4-5-6-16-10-14-8-12-7-13-9-15-11-16/h1-10H3;16H,2-6,12-15H2,1H3. The van der Waals surface area contributed by atoms with Crippen LogP contribution in [0, 0.1) is 0 Å². The summed E-state index contributed by atoms with van der Waals surface area (Å²) in [5.41, 5.74) is 0. The minimum atomic E-state index is -2.26. The van der Waals surface area contributed by atoms with Crippen LogP contribution in [-0.2, 0) is 41.2 Å². The average Bonchev–Trinajstić information content (AvgIpc) is 2.64. The van der Waals surface area contributed by atoms with E-state index in [1.54, 1.807) is 0 Å². The van der Waals surface area contributed by atoms with Crippen molar-refractivity contribution in [2.24, 2.45) is 0 Å². The Morgan fingerprint density at radius 3 is 1.14 bits per heavy atom. The predicted octanol–water partition coefficient (Wildman–Crippen LogP) is 1.47. The van der Waals surface area contributed by atoms with Crippen LogP contribution in [-0.4, -0.2) is 92.1 Å². The Morgan fingerprint density at radius 2 is 0.806 bits per heavy atom. The van der Waals surface area contributed by atoms with Gasteiger partial charge in [0, 0.05) is 0 Å². The molecule has 20 heteroatoms. The van der Waals surface area contributed by atoms with Crippen LogP contribution < -0.4 is 0 Å². The third kappa shape index (κ3) is 17.5. The van der Waals surface area contributed by atoms with Crippen LogP contribution in [0.3, 0.4) is 0 Å². The third-order valence-electron chi connectivity index (χ3n) is 4.76. The molecular formula is C16H52O10Si10. The van der Waals surface area contributed by atoms with Crippen LogP contribution in [0.2, 0.25) is 71.5 Å². The minimum absolute atomic E-state index is 0.774. The first-order chi connectivity index (χ1) is 16.5. The summed E-state index contributed by atoms with van der Waals surface area (Å²) in [5.74, 6) is 0. The maximum Gasteiger partial charge on any atom is 0.314 e. The molecule has 0 atom stereocenters. The van der Waals surface area contributed by atoms with Gasteiger partial charge in [-0.25, -0.2) is 0 Å². The van der Waals surface area contributed by atoms with Gasteiger partial charge in [-0.3, -0.25) is 0 Å². The summed E-state index contributed by atoms with van der Waals surface area (Å²) in [5, 5.41) is 0. The van der Waals surface area contributed by atoms with Gasteiger partial charge in [0.2, 0.25) is 0 Å². The van der Waals surface area contributed by atoms with Crippen molar-refractivity contribution in [1.29, 1.82) is 0 Å². The molecule has 2 rings (SSSR count). The Morgan fingerprint density at radius 1 is 0.472 bits per heavy atom. The van der Waals surface area contributed by atoms with E-state index in [1.807, 2.05) is 0 Å². The van der Waals surface area contributed by atoms with Crippen LogP contribution in [0.4, 0.5) is 0 Å². The minimum Gasteiger partial charge on any atom is -0.425 e. The molecule has 2 heterocycles. The van der Waals surface area contributed by atoms with Crippen molar-refractivity contribution >= 4 is 92.1 Å². The quantitative estimate of drug-likeness (QED) is 0.313. The van der Waals surface area contributed by atoms with Crippen molar-refractivity contribution in [3.63, 3.8) is 0 Å². The highest BCUT2D eigenvalue weighted by Crippen LogP contribution is 2.30. The largest absolute Gasteiger partial charge is 0.425 e. The Balaban J connectivity index is 0.000000369. The summed E-state index contributed by atoms with van der Waals surface area (Å²) in [6.45, 7) is 23.0. The van der Waals surface area contributed by atoms with Crippen molar-refractivity contribution in [2.45, 2.75) is 104 Å². The SMILES string of the molecule is CCCCCC[SiH]1O[SiH2]O[SiH2]O[SiH2]O[SiH2]O1.C[Si]1(C)O[Si](C)(C)O[Si](C)(C)O[Si](C)(C)O[Si](C)(C)O1. The smallest absolute Gasteiger partial charge is 0.314 e. The number of rotatable bonds is 5. The summed E-state index contributed by atoms with van der Waals surface area (Å²) < 4.78 is 59.2. The summed E-state index contributed by atoms with van der Waals surface area (Å²) >= 11 is 0. The first-order valence-electron chi connectivity index (χ1n) is 12.9. The second kappa shape index (κ2) is 16.3. The fourth-order valence-corrected chi connectivity index (χ4v) is 41.7. The molecule has 0 unspecified atom stereocenters. The lowest BCUT2D eigenvalue weighted by molar-refractivity contribution is 0.239. The van der Waals surface area contributed by atoms with Crippen molar-refractivity contribution in [3.05, 3.63) is 0 Å². The Bertz CT molecular complexity index is 517. The van der Waals surface area contributed by atoms with Crippen LogP contribution in [0.25, 0.3) is 0 Å². The van der Waals surface area contributed by atoms with Gasteiger partial charge in [0.15, 0.2) is 0 Å². The Kier molecular flexibility index (Phi) is 16.2. The van der Waals surface area contributed by atoms with E-state index >= 15 is 0 Å². The van der Waals surface area contributed by atoms with Gasteiger partial charge in [-0.1, -0.05) is 32.6 Å². The molecule has 0 amide bonds. The normalized spacial score (nSPS) is 30.9.